The van der Waals surface area contributed by atoms with E-state index in [-0.39, 0.29) is 5.91 Å². The molecule has 3 nitrogen and oxygen atoms in total. The summed E-state index contributed by atoms with van der Waals surface area (Å²) in [6, 6.07) is 7.83. The van der Waals surface area contributed by atoms with Crippen LogP contribution in [-0.2, 0) is 11.2 Å². The van der Waals surface area contributed by atoms with E-state index in [1.165, 1.54) is 0 Å². The second kappa shape index (κ2) is 6.28. The number of carbonyl (C=O) groups excluding carboxylic acids is 1. The number of benzene rings is 1. The molecular weight excluding hydrogens is 212 g/mol. The molecule has 0 aliphatic heterocycles. The molecule has 2 N–H and O–H groups in total. The maximum absolute atomic E-state index is 12.1. The Balaban J connectivity index is 2.62. The first-order valence-corrected chi connectivity index (χ1v) is 6.18. The number of likely N-dealkylation sites (N-methyl/N-ethyl adjacent to an activating group) is 1. The van der Waals surface area contributed by atoms with Crippen molar-refractivity contribution in [3.63, 3.8) is 0 Å². The molecule has 0 saturated carbocycles. The number of hydrogen-bond acceptors (Lipinski definition) is 2. The first-order valence-electron chi connectivity index (χ1n) is 6.18. The molecule has 3 heteroatoms. The maximum atomic E-state index is 12.1. The molecule has 0 spiro atoms. The summed E-state index contributed by atoms with van der Waals surface area (Å²) in [6.45, 7) is 4.22. The highest BCUT2D eigenvalue weighted by Crippen LogP contribution is 2.11. The highest BCUT2D eigenvalue weighted by Gasteiger charge is 2.16. The molecule has 0 unspecified atom stereocenters. The zero-order chi connectivity index (χ0) is 12.8. The van der Waals surface area contributed by atoms with Crippen molar-refractivity contribution in [2.75, 3.05) is 12.8 Å². The molecule has 0 aromatic heterocycles. The van der Waals surface area contributed by atoms with Crippen LogP contribution in [0.15, 0.2) is 24.3 Å². The van der Waals surface area contributed by atoms with Crippen LogP contribution in [0.3, 0.4) is 0 Å². The summed E-state index contributed by atoms with van der Waals surface area (Å²) in [7, 11) is 1.89. The van der Waals surface area contributed by atoms with E-state index < -0.39 is 0 Å². The molecule has 0 bridgehead atoms. The molecule has 0 atom stereocenters. The van der Waals surface area contributed by atoms with Gasteiger partial charge >= 0.3 is 0 Å². The molecule has 0 fully saturated rings. The van der Waals surface area contributed by atoms with Gasteiger partial charge in [-0.15, -0.1) is 0 Å². The fraction of sp³-hybridized carbons (Fsp3) is 0.500. The van der Waals surface area contributed by atoms with Gasteiger partial charge in [-0.3, -0.25) is 4.79 Å². The van der Waals surface area contributed by atoms with Gasteiger partial charge < -0.3 is 10.6 Å². The van der Waals surface area contributed by atoms with Crippen molar-refractivity contribution >= 4 is 11.6 Å². The van der Waals surface area contributed by atoms with Crippen LogP contribution < -0.4 is 5.73 Å². The summed E-state index contributed by atoms with van der Waals surface area (Å²) in [5.74, 6) is 0.170. The van der Waals surface area contributed by atoms with Crippen molar-refractivity contribution in [2.24, 2.45) is 0 Å². The minimum atomic E-state index is 0.170. The van der Waals surface area contributed by atoms with Crippen molar-refractivity contribution in [1.29, 1.82) is 0 Å². The topological polar surface area (TPSA) is 46.3 Å². The lowest BCUT2D eigenvalue weighted by Gasteiger charge is -2.26. The van der Waals surface area contributed by atoms with Crippen molar-refractivity contribution in [2.45, 2.75) is 39.2 Å². The van der Waals surface area contributed by atoms with Crippen molar-refractivity contribution in [1.82, 2.24) is 4.90 Å². The quantitative estimate of drug-likeness (QED) is 0.795. The lowest BCUT2D eigenvalue weighted by atomic mass is 10.1. The molecule has 1 amide bonds. The number of amides is 1. The number of nitrogens with zero attached hydrogens (tertiary/aromatic N) is 1. The average molecular weight is 234 g/mol. The Morgan fingerprint density at radius 1 is 1.24 bits per heavy atom. The molecule has 1 aromatic carbocycles. The van der Waals surface area contributed by atoms with Gasteiger partial charge in [0.05, 0.1) is 6.42 Å². The molecule has 0 heterocycles. The highest BCUT2D eigenvalue weighted by atomic mass is 16.2. The van der Waals surface area contributed by atoms with E-state index >= 15 is 0 Å². The Labute approximate surface area is 104 Å². The first kappa shape index (κ1) is 13.6. The van der Waals surface area contributed by atoms with Gasteiger partial charge in [-0.25, -0.2) is 0 Å². The van der Waals surface area contributed by atoms with E-state index in [0.717, 1.165) is 24.1 Å². The number of nitrogens with two attached hydrogens (primary N) is 1. The van der Waals surface area contributed by atoms with Crippen LogP contribution in [-0.4, -0.2) is 23.9 Å². The third kappa shape index (κ3) is 3.77. The predicted octanol–water partition coefficient (Wildman–Crippen LogP) is 2.46. The largest absolute Gasteiger partial charge is 0.399 e. The normalized spacial score (nSPS) is 10.6. The van der Waals surface area contributed by atoms with E-state index in [1.54, 1.807) is 0 Å². The molecule has 94 valence electrons. The SMILES string of the molecule is CCC(CC)N(C)C(=O)Cc1ccc(N)cc1. The average Bonchev–Trinajstić information content (AvgIpc) is 2.33. The van der Waals surface area contributed by atoms with Crippen LogP contribution in [0, 0.1) is 0 Å². The predicted molar refractivity (Wildman–Crippen MR) is 71.7 cm³/mol. The fourth-order valence-electron chi connectivity index (χ4n) is 1.97. The standard InChI is InChI=1S/C14H22N2O/c1-4-13(5-2)16(3)14(17)10-11-6-8-12(15)9-7-11/h6-9,13H,4-5,10,15H2,1-3H3. The lowest BCUT2D eigenvalue weighted by Crippen LogP contribution is -2.37. The smallest absolute Gasteiger partial charge is 0.226 e. The molecule has 1 rings (SSSR count). The summed E-state index contributed by atoms with van der Waals surface area (Å²) in [5.41, 5.74) is 7.36. The number of anilines is 1. The summed E-state index contributed by atoms with van der Waals surface area (Å²) < 4.78 is 0. The van der Waals surface area contributed by atoms with E-state index in [1.807, 2.05) is 36.2 Å². The summed E-state index contributed by atoms with van der Waals surface area (Å²) in [6.07, 6.45) is 2.45. The molecule has 0 radical (unpaired) electrons. The van der Waals surface area contributed by atoms with Gasteiger partial charge in [0, 0.05) is 18.8 Å². The third-order valence-corrected chi connectivity index (χ3v) is 3.22. The Morgan fingerprint density at radius 3 is 2.24 bits per heavy atom. The van der Waals surface area contributed by atoms with Gasteiger partial charge in [-0.2, -0.15) is 0 Å². The van der Waals surface area contributed by atoms with Crippen molar-refractivity contribution < 1.29 is 4.79 Å². The van der Waals surface area contributed by atoms with Crippen LogP contribution in [0.5, 0.6) is 0 Å². The number of rotatable bonds is 5. The van der Waals surface area contributed by atoms with Gasteiger partial charge in [0.15, 0.2) is 0 Å². The monoisotopic (exact) mass is 234 g/mol. The summed E-state index contributed by atoms with van der Waals surface area (Å²) in [4.78, 5) is 13.9. The van der Waals surface area contributed by atoms with Crippen LogP contribution in [0.25, 0.3) is 0 Å². The van der Waals surface area contributed by atoms with Gasteiger partial charge in [0.1, 0.15) is 0 Å². The zero-order valence-corrected chi connectivity index (χ0v) is 10.9. The molecule has 0 aliphatic carbocycles. The Bertz CT molecular complexity index is 355. The Hall–Kier alpha value is -1.51. The second-order valence-corrected chi connectivity index (χ2v) is 4.39. The minimum absolute atomic E-state index is 0.170. The van der Waals surface area contributed by atoms with Gasteiger partial charge in [-0.05, 0) is 30.5 Å². The van der Waals surface area contributed by atoms with Crippen LogP contribution in [0.1, 0.15) is 32.3 Å². The second-order valence-electron chi connectivity index (χ2n) is 4.39. The first-order chi connectivity index (χ1) is 8.08. The van der Waals surface area contributed by atoms with Crippen molar-refractivity contribution in [3.05, 3.63) is 29.8 Å². The van der Waals surface area contributed by atoms with Crippen LogP contribution >= 0.6 is 0 Å². The van der Waals surface area contributed by atoms with Crippen LogP contribution in [0.4, 0.5) is 5.69 Å². The number of nitrogen functional groups attached to an aromatic ring is 1. The van der Waals surface area contributed by atoms with E-state index in [0.29, 0.717) is 12.5 Å². The Kier molecular flexibility index (Phi) is 5.01. The molecular formula is C14H22N2O. The third-order valence-electron chi connectivity index (χ3n) is 3.22. The minimum Gasteiger partial charge on any atom is -0.399 e. The van der Waals surface area contributed by atoms with Gasteiger partial charge in [0.25, 0.3) is 0 Å². The van der Waals surface area contributed by atoms with E-state index in [2.05, 4.69) is 13.8 Å². The van der Waals surface area contributed by atoms with Crippen molar-refractivity contribution in [3.8, 4) is 0 Å². The summed E-state index contributed by atoms with van der Waals surface area (Å²) in [5, 5.41) is 0. The fourth-order valence-corrected chi connectivity index (χ4v) is 1.97. The molecule has 0 aliphatic rings. The lowest BCUT2D eigenvalue weighted by molar-refractivity contribution is -0.131. The van der Waals surface area contributed by atoms with Gasteiger partial charge in [-0.1, -0.05) is 26.0 Å². The zero-order valence-electron chi connectivity index (χ0n) is 10.9. The van der Waals surface area contributed by atoms with Gasteiger partial charge in [0.2, 0.25) is 5.91 Å². The highest BCUT2D eigenvalue weighted by molar-refractivity contribution is 5.78. The summed E-state index contributed by atoms with van der Waals surface area (Å²) >= 11 is 0. The maximum Gasteiger partial charge on any atom is 0.226 e. The molecule has 17 heavy (non-hydrogen) atoms. The Morgan fingerprint density at radius 2 is 1.76 bits per heavy atom. The molecule has 1 aromatic rings. The van der Waals surface area contributed by atoms with E-state index in [4.69, 9.17) is 5.73 Å². The van der Waals surface area contributed by atoms with E-state index in [9.17, 15) is 4.79 Å². The molecule has 0 saturated heterocycles. The number of hydrogen-bond donors (Lipinski definition) is 1. The number of carbonyl (C=O) groups is 1. The van der Waals surface area contributed by atoms with Crippen LogP contribution in [0.2, 0.25) is 0 Å².